The molecular weight excluding hydrogens is 256 g/mol. The molecule has 0 aliphatic heterocycles. The molecule has 0 amide bonds. The third-order valence-electron chi connectivity index (χ3n) is 2.91. The summed E-state index contributed by atoms with van der Waals surface area (Å²) in [6.45, 7) is 6.81. The highest BCUT2D eigenvalue weighted by Gasteiger charge is 2.22. The van der Waals surface area contributed by atoms with Gasteiger partial charge in [0.15, 0.2) is 0 Å². The average molecular weight is 284 g/mol. The van der Waals surface area contributed by atoms with E-state index in [1.165, 1.54) is 0 Å². The third-order valence-corrected chi connectivity index (χ3v) is 2.91. The Morgan fingerprint density at radius 1 is 1.05 bits per heavy atom. The molecule has 0 aliphatic carbocycles. The number of unbranched alkanes of at least 4 members (excludes halogenated alkanes) is 2. The fourth-order valence-electron chi connectivity index (χ4n) is 1.59. The molecule has 0 aromatic rings. The molecule has 0 saturated carbocycles. The van der Waals surface area contributed by atoms with Crippen molar-refractivity contribution in [2.45, 2.75) is 59.3 Å². The van der Waals surface area contributed by atoms with Gasteiger partial charge in [0.25, 0.3) is 0 Å². The second kappa shape index (κ2) is 12.7. The fraction of sp³-hybridized carbons (Fsp3) is 0.750. The standard InChI is InChI=1S/C16H28O4/c1-4-7-10-14(16(18)20-12-9-6-3)13-15(17)19-11-8-5-2/h4,7,14H,5-6,8-13H2,1-3H3. The molecule has 116 valence electrons. The van der Waals surface area contributed by atoms with E-state index in [-0.39, 0.29) is 18.4 Å². The number of ether oxygens (including phenoxy) is 2. The van der Waals surface area contributed by atoms with Crippen LogP contribution in [0.2, 0.25) is 0 Å². The normalized spacial score (nSPS) is 12.3. The molecule has 1 unspecified atom stereocenters. The van der Waals surface area contributed by atoms with E-state index in [0.717, 1.165) is 25.7 Å². The van der Waals surface area contributed by atoms with Crippen LogP contribution in [0, 0.1) is 5.92 Å². The number of carbonyl (C=O) groups excluding carboxylic acids is 2. The van der Waals surface area contributed by atoms with Gasteiger partial charge in [0.05, 0.1) is 25.6 Å². The lowest BCUT2D eigenvalue weighted by atomic mass is 10.0. The molecule has 0 bridgehead atoms. The van der Waals surface area contributed by atoms with Gasteiger partial charge < -0.3 is 9.47 Å². The van der Waals surface area contributed by atoms with Gasteiger partial charge in [-0.1, -0.05) is 38.8 Å². The Labute approximate surface area is 122 Å². The average Bonchev–Trinajstić information content (AvgIpc) is 2.43. The van der Waals surface area contributed by atoms with Crippen LogP contribution in [-0.2, 0) is 19.1 Å². The summed E-state index contributed by atoms with van der Waals surface area (Å²) in [7, 11) is 0. The molecule has 0 aromatic carbocycles. The van der Waals surface area contributed by atoms with Crippen LogP contribution in [-0.4, -0.2) is 25.2 Å². The molecule has 0 rings (SSSR count). The van der Waals surface area contributed by atoms with Crippen LogP contribution < -0.4 is 0 Å². The second-order valence-electron chi connectivity index (χ2n) is 4.80. The highest BCUT2D eigenvalue weighted by molar-refractivity contribution is 5.80. The van der Waals surface area contributed by atoms with Crippen molar-refractivity contribution in [3.8, 4) is 0 Å². The molecule has 0 N–H and O–H groups in total. The van der Waals surface area contributed by atoms with Crippen molar-refractivity contribution >= 4 is 11.9 Å². The maximum atomic E-state index is 11.9. The monoisotopic (exact) mass is 284 g/mol. The van der Waals surface area contributed by atoms with Crippen LogP contribution in [0.5, 0.6) is 0 Å². The van der Waals surface area contributed by atoms with E-state index in [2.05, 4.69) is 0 Å². The van der Waals surface area contributed by atoms with Gasteiger partial charge in [-0.3, -0.25) is 9.59 Å². The summed E-state index contributed by atoms with van der Waals surface area (Å²) < 4.78 is 10.3. The minimum Gasteiger partial charge on any atom is -0.466 e. The summed E-state index contributed by atoms with van der Waals surface area (Å²) in [6, 6.07) is 0. The summed E-state index contributed by atoms with van der Waals surface area (Å²) in [6.07, 6.45) is 8.03. The van der Waals surface area contributed by atoms with E-state index >= 15 is 0 Å². The highest BCUT2D eigenvalue weighted by atomic mass is 16.5. The number of hydrogen-bond acceptors (Lipinski definition) is 4. The lowest BCUT2D eigenvalue weighted by Crippen LogP contribution is -2.22. The second-order valence-corrected chi connectivity index (χ2v) is 4.80. The number of allylic oxidation sites excluding steroid dienone is 2. The molecule has 0 aromatic heterocycles. The highest BCUT2D eigenvalue weighted by Crippen LogP contribution is 2.14. The van der Waals surface area contributed by atoms with Crippen molar-refractivity contribution in [1.82, 2.24) is 0 Å². The Morgan fingerprint density at radius 3 is 2.20 bits per heavy atom. The first-order chi connectivity index (χ1) is 9.65. The van der Waals surface area contributed by atoms with Crippen molar-refractivity contribution in [3.05, 3.63) is 12.2 Å². The number of hydrogen-bond donors (Lipinski definition) is 0. The smallest absolute Gasteiger partial charge is 0.309 e. The van der Waals surface area contributed by atoms with E-state index in [9.17, 15) is 9.59 Å². The van der Waals surface area contributed by atoms with Gasteiger partial charge in [-0.05, 0) is 26.2 Å². The maximum Gasteiger partial charge on any atom is 0.309 e. The number of esters is 2. The van der Waals surface area contributed by atoms with Gasteiger partial charge in [0, 0.05) is 0 Å². The quantitative estimate of drug-likeness (QED) is 0.330. The number of rotatable bonds is 11. The van der Waals surface area contributed by atoms with E-state index in [0.29, 0.717) is 19.6 Å². The van der Waals surface area contributed by atoms with E-state index in [4.69, 9.17) is 9.47 Å². The molecule has 0 saturated heterocycles. The Morgan fingerprint density at radius 2 is 1.65 bits per heavy atom. The molecule has 0 heterocycles. The van der Waals surface area contributed by atoms with Gasteiger partial charge in [-0.25, -0.2) is 0 Å². The first-order valence-corrected chi connectivity index (χ1v) is 7.59. The summed E-state index contributed by atoms with van der Waals surface area (Å²) >= 11 is 0. The maximum absolute atomic E-state index is 11.9. The molecule has 0 aliphatic rings. The van der Waals surface area contributed by atoms with Crippen LogP contribution in [0.15, 0.2) is 12.2 Å². The third kappa shape index (κ3) is 9.59. The largest absolute Gasteiger partial charge is 0.466 e. The Hall–Kier alpha value is -1.32. The zero-order valence-corrected chi connectivity index (χ0v) is 13.0. The van der Waals surface area contributed by atoms with Crippen molar-refractivity contribution in [2.24, 2.45) is 5.92 Å². The summed E-state index contributed by atoms with van der Waals surface area (Å²) in [5.41, 5.74) is 0. The SMILES string of the molecule is CC=CCC(CC(=O)OCCCC)C(=O)OCCCC. The first kappa shape index (κ1) is 18.7. The van der Waals surface area contributed by atoms with Crippen LogP contribution in [0.4, 0.5) is 0 Å². The summed E-state index contributed by atoms with van der Waals surface area (Å²) in [5, 5.41) is 0. The predicted octanol–water partition coefficient (Wildman–Crippen LogP) is 3.65. The predicted molar refractivity (Wildman–Crippen MR) is 79.3 cm³/mol. The zero-order valence-electron chi connectivity index (χ0n) is 13.0. The Kier molecular flexibility index (Phi) is 11.9. The lowest BCUT2D eigenvalue weighted by molar-refractivity contribution is -0.155. The van der Waals surface area contributed by atoms with Gasteiger partial charge in [-0.15, -0.1) is 0 Å². The molecule has 0 spiro atoms. The van der Waals surface area contributed by atoms with Gasteiger partial charge in [-0.2, -0.15) is 0 Å². The van der Waals surface area contributed by atoms with Crippen LogP contribution in [0.1, 0.15) is 59.3 Å². The van der Waals surface area contributed by atoms with Crippen molar-refractivity contribution < 1.29 is 19.1 Å². The molecule has 20 heavy (non-hydrogen) atoms. The van der Waals surface area contributed by atoms with Crippen molar-refractivity contribution in [2.75, 3.05) is 13.2 Å². The topological polar surface area (TPSA) is 52.6 Å². The molecule has 4 nitrogen and oxygen atoms in total. The van der Waals surface area contributed by atoms with Gasteiger partial charge >= 0.3 is 11.9 Å². The number of carbonyl (C=O) groups is 2. The molecule has 1 atom stereocenters. The Balaban J connectivity index is 4.24. The minimum absolute atomic E-state index is 0.0962. The van der Waals surface area contributed by atoms with E-state index in [1.54, 1.807) is 0 Å². The van der Waals surface area contributed by atoms with Gasteiger partial charge in [0.2, 0.25) is 0 Å². The van der Waals surface area contributed by atoms with Crippen LogP contribution >= 0.6 is 0 Å². The summed E-state index contributed by atoms with van der Waals surface area (Å²) in [4.78, 5) is 23.6. The molecule has 4 heteroatoms. The van der Waals surface area contributed by atoms with Crippen molar-refractivity contribution in [3.63, 3.8) is 0 Å². The van der Waals surface area contributed by atoms with E-state index < -0.39 is 5.92 Å². The Bertz CT molecular complexity index is 297. The molecular formula is C16H28O4. The van der Waals surface area contributed by atoms with Crippen molar-refractivity contribution in [1.29, 1.82) is 0 Å². The summed E-state index contributed by atoms with van der Waals surface area (Å²) in [5.74, 6) is -1.05. The molecule has 0 radical (unpaired) electrons. The van der Waals surface area contributed by atoms with E-state index in [1.807, 2.05) is 32.9 Å². The lowest BCUT2D eigenvalue weighted by Gasteiger charge is -2.14. The minimum atomic E-state index is -0.433. The van der Waals surface area contributed by atoms with Crippen LogP contribution in [0.3, 0.4) is 0 Å². The van der Waals surface area contributed by atoms with Gasteiger partial charge in [0.1, 0.15) is 0 Å². The molecule has 0 fully saturated rings. The van der Waals surface area contributed by atoms with Crippen LogP contribution in [0.25, 0.3) is 0 Å². The first-order valence-electron chi connectivity index (χ1n) is 7.59. The fourth-order valence-corrected chi connectivity index (χ4v) is 1.59. The zero-order chi connectivity index (χ0) is 15.2.